The molecule has 0 aromatic heterocycles. The van der Waals surface area contributed by atoms with E-state index in [9.17, 15) is 4.79 Å². The molecule has 1 atom stereocenters. The fourth-order valence-electron chi connectivity index (χ4n) is 1.44. The third-order valence-corrected chi connectivity index (χ3v) is 2.16. The van der Waals surface area contributed by atoms with Crippen LogP contribution in [0.1, 0.15) is 13.8 Å². The Labute approximate surface area is 78.5 Å². The molecule has 4 heteroatoms. The van der Waals surface area contributed by atoms with Crippen LogP contribution in [0.2, 0.25) is 0 Å². The Kier molecular flexibility index (Phi) is 3.69. The lowest BCUT2D eigenvalue weighted by Crippen LogP contribution is -2.52. The van der Waals surface area contributed by atoms with Gasteiger partial charge < -0.3 is 9.84 Å². The van der Waals surface area contributed by atoms with Crippen molar-refractivity contribution in [3.8, 4) is 0 Å². The molecule has 0 aliphatic carbocycles. The van der Waals surface area contributed by atoms with Gasteiger partial charge in [-0.05, 0) is 6.92 Å². The van der Waals surface area contributed by atoms with Crippen LogP contribution in [0.5, 0.6) is 0 Å². The monoisotopic (exact) mass is 187 g/mol. The van der Waals surface area contributed by atoms with Crippen LogP contribution in [0.4, 0.5) is 0 Å². The third-order valence-electron chi connectivity index (χ3n) is 2.16. The Hall–Kier alpha value is -0.610. The molecule has 1 saturated heterocycles. The molecule has 1 unspecified atom stereocenters. The van der Waals surface area contributed by atoms with Crippen molar-refractivity contribution in [3.63, 3.8) is 0 Å². The molecule has 0 radical (unpaired) electrons. The van der Waals surface area contributed by atoms with E-state index in [1.54, 1.807) is 6.92 Å². The Bertz CT molecular complexity index is 178. The predicted molar refractivity (Wildman–Crippen MR) is 48.2 cm³/mol. The van der Waals surface area contributed by atoms with Gasteiger partial charge in [-0.3, -0.25) is 9.69 Å². The zero-order chi connectivity index (χ0) is 9.84. The molecule has 0 amide bonds. The smallest absolute Gasteiger partial charge is 0.309 e. The van der Waals surface area contributed by atoms with Gasteiger partial charge in [0.1, 0.15) is 0 Å². The highest BCUT2D eigenvalue weighted by Crippen LogP contribution is 2.11. The van der Waals surface area contributed by atoms with E-state index in [1.165, 1.54) is 0 Å². The van der Waals surface area contributed by atoms with E-state index in [0.29, 0.717) is 26.2 Å². The second-order valence-electron chi connectivity index (χ2n) is 3.53. The molecule has 1 N–H and O–H groups in total. The van der Waals surface area contributed by atoms with Crippen molar-refractivity contribution < 1.29 is 14.6 Å². The Balaban J connectivity index is 2.17. The van der Waals surface area contributed by atoms with Crippen LogP contribution in [0.15, 0.2) is 0 Å². The Morgan fingerprint density at radius 3 is 2.77 bits per heavy atom. The normalized spacial score (nSPS) is 20.8. The van der Waals surface area contributed by atoms with Crippen LogP contribution < -0.4 is 0 Å². The van der Waals surface area contributed by atoms with Crippen molar-refractivity contribution in [2.24, 2.45) is 5.92 Å². The summed E-state index contributed by atoms with van der Waals surface area (Å²) in [6.07, 6.45) is -0.200. The molecular formula is C9H17NO3. The quantitative estimate of drug-likeness (QED) is 0.622. The maximum absolute atomic E-state index is 11.2. The van der Waals surface area contributed by atoms with Gasteiger partial charge in [0, 0.05) is 19.6 Å². The zero-order valence-electron chi connectivity index (χ0n) is 8.19. The largest absolute Gasteiger partial charge is 0.466 e. The lowest BCUT2D eigenvalue weighted by atomic mass is 10.1. The number of β-amino-alcohol motifs (C(OH)–C–C–N with tert-alkyl or cyclic N) is 1. The second kappa shape index (κ2) is 4.58. The molecule has 1 aliphatic rings. The average molecular weight is 187 g/mol. The summed E-state index contributed by atoms with van der Waals surface area (Å²) >= 11 is 0. The van der Waals surface area contributed by atoms with Crippen molar-refractivity contribution in [2.45, 2.75) is 20.0 Å². The van der Waals surface area contributed by atoms with Crippen LogP contribution >= 0.6 is 0 Å². The average Bonchev–Trinajstić information content (AvgIpc) is 2.02. The molecule has 1 rings (SSSR count). The van der Waals surface area contributed by atoms with Gasteiger partial charge in [-0.1, -0.05) is 6.92 Å². The van der Waals surface area contributed by atoms with Crippen LogP contribution in [0.3, 0.4) is 0 Å². The minimum absolute atomic E-state index is 0.0903. The highest BCUT2D eigenvalue weighted by molar-refractivity contribution is 5.72. The maximum atomic E-state index is 11.2. The molecule has 1 heterocycles. The summed E-state index contributed by atoms with van der Waals surface area (Å²) in [5, 5.41) is 9.02. The van der Waals surface area contributed by atoms with Crippen molar-refractivity contribution in [3.05, 3.63) is 0 Å². The summed E-state index contributed by atoms with van der Waals surface area (Å²) in [6, 6.07) is 0. The molecule has 13 heavy (non-hydrogen) atoms. The van der Waals surface area contributed by atoms with Gasteiger partial charge in [-0.25, -0.2) is 0 Å². The second-order valence-corrected chi connectivity index (χ2v) is 3.53. The number of rotatable bonds is 4. The number of hydrogen-bond donors (Lipinski definition) is 1. The van der Waals surface area contributed by atoms with E-state index in [4.69, 9.17) is 9.84 Å². The highest BCUT2D eigenvalue weighted by atomic mass is 16.5. The molecule has 1 aliphatic heterocycles. The van der Waals surface area contributed by atoms with Gasteiger partial charge in [0.2, 0.25) is 0 Å². The number of aliphatic hydroxyl groups excluding tert-OH is 1. The first-order valence-corrected chi connectivity index (χ1v) is 4.70. The van der Waals surface area contributed by atoms with Crippen molar-refractivity contribution in [1.82, 2.24) is 4.90 Å². The van der Waals surface area contributed by atoms with E-state index in [1.807, 2.05) is 11.8 Å². The predicted octanol–water partition coefficient (Wildman–Crippen LogP) is -0.138. The summed E-state index contributed by atoms with van der Waals surface area (Å²) < 4.78 is 4.87. The molecule has 0 aromatic carbocycles. The maximum Gasteiger partial charge on any atom is 0.309 e. The van der Waals surface area contributed by atoms with Crippen LogP contribution in [-0.2, 0) is 9.53 Å². The number of likely N-dealkylation sites (tertiary alicyclic amines) is 1. The first kappa shape index (κ1) is 10.5. The van der Waals surface area contributed by atoms with Gasteiger partial charge in [0.25, 0.3) is 0 Å². The number of carbonyl (C=O) groups excluding carboxylic acids is 1. The lowest BCUT2D eigenvalue weighted by molar-refractivity contribution is -0.149. The van der Waals surface area contributed by atoms with Gasteiger partial charge in [0.05, 0.1) is 18.6 Å². The molecular weight excluding hydrogens is 170 g/mol. The molecule has 76 valence electrons. The number of carbonyl (C=O) groups is 1. The molecule has 0 bridgehead atoms. The summed E-state index contributed by atoms with van der Waals surface area (Å²) in [6.45, 7) is 6.15. The van der Waals surface area contributed by atoms with E-state index >= 15 is 0 Å². The number of hydrogen-bond acceptors (Lipinski definition) is 4. The van der Waals surface area contributed by atoms with Crippen LogP contribution in [-0.4, -0.2) is 48.3 Å². The number of esters is 1. The zero-order valence-corrected chi connectivity index (χ0v) is 8.19. The first-order chi connectivity index (χ1) is 6.13. The molecule has 0 spiro atoms. The molecule has 1 fully saturated rings. The molecule has 0 aromatic rings. The Morgan fingerprint density at radius 2 is 2.31 bits per heavy atom. The van der Waals surface area contributed by atoms with E-state index in [2.05, 4.69) is 0 Å². The topological polar surface area (TPSA) is 49.8 Å². The van der Waals surface area contributed by atoms with Gasteiger partial charge in [-0.2, -0.15) is 0 Å². The fourth-order valence-corrected chi connectivity index (χ4v) is 1.44. The van der Waals surface area contributed by atoms with E-state index in [-0.39, 0.29) is 18.0 Å². The number of nitrogens with zero attached hydrogens (tertiary/aromatic N) is 1. The summed E-state index contributed by atoms with van der Waals surface area (Å²) in [5.41, 5.74) is 0. The van der Waals surface area contributed by atoms with Gasteiger partial charge in [0.15, 0.2) is 0 Å². The van der Waals surface area contributed by atoms with Crippen LogP contribution in [0.25, 0.3) is 0 Å². The highest BCUT2D eigenvalue weighted by Gasteiger charge is 2.27. The molecule has 0 saturated carbocycles. The standard InChI is InChI=1S/C9H17NO3/c1-3-13-9(12)7(2)4-10-5-8(11)6-10/h7-8,11H,3-6H2,1-2H3. The lowest BCUT2D eigenvalue weighted by Gasteiger charge is -2.36. The van der Waals surface area contributed by atoms with Crippen molar-refractivity contribution in [1.29, 1.82) is 0 Å². The summed E-state index contributed by atoms with van der Waals surface area (Å²) in [5.74, 6) is -0.240. The van der Waals surface area contributed by atoms with Crippen LogP contribution in [0, 0.1) is 5.92 Å². The van der Waals surface area contributed by atoms with Crippen molar-refractivity contribution >= 4 is 5.97 Å². The minimum Gasteiger partial charge on any atom is -0.466 e. The first-order valence-electron chi connectivity index (χ1n) is 4.70. The SMILES string of the molecule is CCOC(=O)C(C)CN1CC(O)C1. The van der Waals surface area contributed by atoms with Gasteiger partial charge >= 0.3 is 5.97 Å². The van der Waals surface area contributed by atoms with Gasteiger partial charge in [-0.15, -0.1) is 0 Å². The van der Waals surface area contributed by atoms with E-state index < -0.39 is 0 Å². The molecule has 4 nitrogen and oxygen atoms in total. The number of aliphatic hydroxyl groups is 1. The summed E-state index contributed by atoms with van der Waals surface area (Å²) in [4.78, 5) is 13.2. The Morgan fingerprint density at radius 1 is 1.69 bits per heavy atom. The van der Waals surface area contributed by atoms with Crippen molar-refractivity contribution in [2.75, 3.05) is 26.2 Å². The fraction of sp³-hybridized carbons (Fsp3) is 0.889. The minimum atomic E-state index is -0.200. The third kappa shape index (κ3) is 2.97. The van der Waals surface area contributed by atoms with E-state index in [0.717, 1.165) is 0 Å². The number of ether oxygens (including phenoxy) is 1. The summed E-state index contributed by atoms with van der Waals surface area (Å²) in [7, 11) is 0.